The van der Waals surface area contributed by atoms with Crippen molar-refractivity contribution in [2.45, 2.75) is 24.8 Å². The van der Waals surface area contributed by atoms with Crippen LogP contribution in [0.4, 0.5) is 0 Å². The lowest BCUT2D eigenvalue weighted by molar-refractivity contribution is -0.139. The van der Waals surface area contributed by atoms with Gasteiger partial charge in [0, 0.05) is 12.6 Å². The van der Waals surface area contributed by atoms with Crippen LogP contribution in [-0.4, -0.2) is 39.7 Å². The van der Waals surface area contributed by atoms with E-state index in [1.807, 2.05) is 6.07 Å². The lowest BCUT2D eigenvalue weighted by Gasteiger charge is -2.16. The number of pyridine rings is 1. The van der Waals surface area contributed by atoms with E-state index in [0.717, 1.165) is 0 Å². The maximum Gasteiger partial charge on any atom is 0.321 e. The van der Waals surface area contributed by atoms with E-state index in [0.29, 0.717) is 11.3 Å². The number of hydrogen-bond donors (Lipinski definition) is 3. The number of nitrogens with zero attached hydrogens (tertiary/aromatic N) is 1. The number of benzene rings is 1. The van der Waals surface area contributed by atoms with Gasteiger partial charge in [0.2, 0.25) is 0 Å². The van der Waals surface area contributed by atoms with Crippen molar-refractivity contribution in [3.63, 3.8) is 0 Å². The molecule has 1 aromatic heterocycles. The fourth-order valence-electron chi connectivity index (χ4n) is 2.45. The van der Waals surface area contributed by atoms with Crippen LogP contribution in [0.3, 0.4) is 0 Å². The topological polar surface area (TPSA) is 99.5 Å². The van der Waals surface area contributed by atoms with Crippen LogP contribution in [0.15, 0.2) is 54.7 Å². The molecule has 2 rings (SSSR count). The zero-order valence-electron chi connectivity index (χ0n) is 14.1. The fourth-order valence-corrected chi connectivity index (χ4v) is 2.45. The quantitative estimate of drug-likeness (QED) is 0.630. The standard InChI is InChI=1S/C20H20N2O4/c23-19(24)17(15-7-2-1-3-8-15)12-14-22-18(20(25)26)11-6-10-16-9-4-5-13-21-16/h1-5,7-9,13,17-18,22H,11-12,14H2,(H,23,24)(H,25,26). The van der Waals surface area contributed by atoms with Crippen molar-refractivity contribution in [1.29, 1.82) is 0 Å². The number of carboxylic acid groups (broad SMARTS) is 2. The third-order valence-corrected chi connectivity index (χ3v) is 3.81. The van der Waals surface area contributed by atoms with Crippen LogP contribution >= 0.6 is 0 Å². The van der Waals surface area contributed by atoms with E-state index in [9.17, 15) is 19.8 Å². The predicted octanol–water partition coefficient (Wildman–Crippen LogP) is 2.12. The predicted molar refractivity (Wildman–Crippen MR) is 96.6 cm³/mol. The first-order chi connectivity index (χ1) is 12.6. The maximum atomic E-state index is 11.5. The first-order valence-corrected chi connectivity index (χ1v) is 8.21. The Balaban J connectivity index is 1.91. The summed E-state index contributed by atoms with van der Waals surface area (Å²) in [5, 5.41) is 21.6. The Morgan fingerprint density at radius 1 is 1.04 bits per heavy atom. The van der Waals surface area contributed by atoms with Crippen LogP contribution in [-0.2, 0) is 9.59 Å². The normalized spacial score (nSPS) is 12.5. The molecule has 0 fully saturated rings. The van der Waals surface area contributed by atoms with Gasteiger partial charge in [-0.05, 0) is 36.6 Å². The molecule has 0 saturated heterocycles. The summed E-state index contributed by atoms with van der Waals surface area (Å²) in [6, 6.07) is 13.4. The number of carboxylic acids is 2. The molecular formula is C20H20N2O4. The van der Waals surface area contributed by atoms with Crippen molar-refractivity contribution in [2.75, 3.05) is 6.54 Å². The van der Waals surface area contributed by atoms with Crippen LogP contribution in [0.2, 0.25) is 0 Å². The summed E-state index contributed by atoms with van der Waals surface area (Å²) in [5.74, 6) is 2.98. The van der Waals surface area contributed by atoms with E-state index in [4.69, 9.17) is 0 Å². The molecule has 6 heteroatoms. The van der Waals surface area contributed by atoms with E-state index in [1.54, 1.807) is 48.7 Å². The van der Waals surface area contributed by atoms with Gasteiger partial charge in [-0.25, -0.2) is 4.98 Å². The molecule has 0 saturated carbocycles. The van der Waals surface area contributed by atoms with Crippen LogP contribution in [0.5, 0.6) is 0 Å². The number of aromatic nitrogens is 1. The summed E-state index contributed by atoms with van der Waals surface area (Å²) < 4.78 is 0. The molecule has 3 N–H and O–H groups in total. The van der Waals surface area contributed by atoms with Gasteiger partial charge in [0.15, 0.2) is 0 Å². The zero-order valence-corrected chi connectivity index (χ0v) is 14.1. The van der Waals surface area contributed by atoms with Gasteiger partial charge >= 0.3 is 11.9 Å². The molecule has 2 unspecified atom stereocenters. The summed E-state index contributed by atoms with van der Waals surface area (Å²) in [5.41, 5.74) is 1.27. The van der Waals surface area contributed by atoms with E-state index >= 15 is 0 Å². The third-order valence-electron chi connectivity index (χ3n) is 3.81. The number of hydrogen-bond acceptors (Lipinski definition) is 4. The van der Waals surface area contributed by atoms with Gasteiger partial charge in [-0.2, -0.15) is 0 Å². The van der Waals surface area contributed by atoms with Crippen LogP contribution in [0, 0.1) is 11.8 Å². The van der Waals surface area contributed by atoms with Gasteiger partial charge in [-0.15, -0.1) is 0 Å². The van der Waals surface area contributed by atoms with E-state index in [1.165, 1.54) is 0 Å². The van der Waals surface area contributed by atoms with Crippen molar-refractivity contribution in [3.8, 4) is 11.8 Å². The molecule has 2 atom stereocenters. The van der Waals surface area contributed by atoms with Crippen molar-refractivity contribution < 1.29 is 19.8 Å². The zero-order chi connectivity index (χ0) is 18.8. The third kappa shape index (κ3) is 6.04. The molecule has 0 aliphatic heterocycles. The minimum Gasteiger partial charge on any atom is -0.481 e. The smallest absolute Gasteiger partial charge is 0.321 e. The minimum absolute atomic E-state index is 0.106. The second-order valence-electron chi connectivity index (χ2n) is 5.66. The highest BCUT2D eigenvalue weighted by molar-refractivity contribution is 5.76. The minimum atomic E-state index is -1.02. The Morgan fingerprint density at radius 3 is 2.38 bits per heavy atom. The Morgan fingerprint density at radius 2 is 1.77 bits per heavy atom. The second kappa shape index (κ2) is 9.97. The molecule has 134 valence electrons. The van der Waals surface area contributed by atoms with Gasteiger partial charge < -0.3 is 15.5 Å². The molecule has 2 aromatic rings. The lowest BCUT2D eigenvalue weighted by Crippen LogP contribution is -2.37. The Kier molecular flexibility index (Phi) is 7.34. The summed E-state index contributed by atoms with van der Waals surface area (Å²) in [4.78, 5) is 26.9. The van der Waals surface area contributed by atoms with Gasteiger partial charge in [0.25, 0.3) is 0 Å². The summed E-state index contributed by atoms with van der Waals surface area (Å²) in [6.45, 7) is 0.258. The SMILES string of the molecule is O=C(O)C(CC#Cc1ccccn1)NCCC(C(=O)O)c1ccccc1. The average Bonchev–Trinajstić information content (AvgIpc) is 2.64. The van der Waals surface area contributed by atoms with E-state index < -0.39 is 23.9 Å². The molecule has 0 spiro atoms. The number of rotatable bonds is 8. The van der Waals surface area contributed by atoms with Crippen LogP contribution < -0.4 is 5.32 Å². The Bertz CT molecular complexity index is 782. The molecule has 0 aliphatic carbocycles. The number of nitrogens with one attached hydrogen (secondary N) is 1. The van der Waals surface area contributed by atoms with Gasteiger partial charge in [-0.1, -0.05) is 42.3 Å². The Labute approximate surface area is 151 Å². The lowest BCUT2D eigenvalue weighted by atomic mass is 9.96. The Hall–Kier alpha value is -3.17. The summed E-state index contributed by atoms with van der Waals surface area (Å²) in [7, 11) is 0. The van der Waals surface area contributed by atoms with Crippen LogP contribution in [0.25, 0.3) is 0 Å². The van der Waals surface area contributed by atoms with Crippen molar-refractivity contribution in [3.05, 3.63) is 66.0 Å². The molecule has 0 radical (unpaired) electrons. The molecular weight excluding hydrogens is 332 g/mol. The van der Waals surface area contributed by atoms with Crippen molar-refractivity contribution in [1.82, 2.24) is 10.3 Å². The second-order valence-corrected chi connectivity index (χ2v) is 5.66. The monoisotopic (exact) mass is 352 g/mol. The van der Waals surface area contributed by atoms with Crippen LogP contribution in [0.1, 0.15) is 30.0 Å². The highest BCUT2D eigenvalue weighted by atomic mass is 16.4. The molecule has 1 heterocycles. The van der Waals surface area contributed by atoms with Crippen molar-refractivity contribution >= 4 is 11.9 Å². The first kappa shape index (κ1) is 19.2. The number of carbonyl (C=O) groups is 2. The van der Waals surface area contributed by atoms with E-state index in [-0.39, 0.29) is 19.4 Å². The summed E-state index contributed by atoms with van der Waals surface area (Å²) >= 11 is 0. The number of aliphatic carboxylic acids is 2. The molecule has 0 bridgehead atoms. The molecule has 26 heavy (non-hydrogen) atoms. The molecule has 1 aromatic carbocycles. The molecule has 6 nitrogen and oxygen atoms in total. The summed E-state index contributed by atoms with van der Waals surface area (Å²) in [6.07, 6.45) is 2.01. The maximum absolute atomic E-state index is 11.5. The van der Waals surface area contributed by atoms with E-state index in [2.05, 4.69) is 22.1 Å². The van der Waals surface area contributed by atoms with Gasteiger partial charge in [0.1, 0.15) is 11.7 Å². The van der Waals surface area contributed by atoms with Crippen molar-refractivity contribution in [2.24, 2.45) is 0 Å². The average molecular weight is 352 g/mol. The molecule has 0 aliphatic rings. The highest BCUT2D eigenvalue weighted by Crippen LogP contribution is 2.19. The molecule has 0 amide bonds. The van der Waals surface area contributed by atoms with Gasteiger partial charge in [0.05, 0.1) is 5.92 Å². The largest absolute Gasteiger partial charge is 0.481 e. The first-order valence-electron chi connectivity index (χ1n) is 8.21. The van der Waals surface area contributed by atoms with Gasteiger partial charge in [-0.3, -0.25) is 9.59 Å². The fraction of sp³-hybridized carbons (Fsp3) is 0.250. The highest BCUT2D eigenvalue weighted by Gasteiger charge is 2.21.